The maximum atomic E-state index is 13.6. The molecule has 4 heteroatoms. The van der Waals surface area contributed by atoms with Gasteiger partial charge in [-0.3, -0.25) is 4.79 Å². The molecule has 3 N–H and O–H groups in total. The van der Waals surface area contributed by atoms with Gasteiger partial charge in [0.15, 0.2) is 6.54 Å². The normalized spacial score (nSPS) is 12.2. The van der Waals surface area contributed by atoms with Gasteiger partial charge in [-0.05, 0) is 24.1 Å². The van der Waals surface area contributed by atoms with Gasteiger partial charge in [0.1, 0.15) is 11.9 Å². The summed E-state index contributed by atoms with van der Waals surface area (Å²) in [6, 6.07) is 14.9. The zero-order valence-corrected chi connectivity index (χ0v) is 14.6. The molecule has 0 aliphatic carbocycles. The molecule has 0 unspecified atom stereocenters. The molecule has 0 bridgehead atoms. The van der Waals surface area contributed by atoms with Crippen molar-refractivity contribution in [3.8, 4) is 0 Å². The van der Waals surface area contributed by atoms with Crippen LogP contribution >= 0.6 is 0 Å². The Morgan fingerprint density at radius 2 is 1.79 bits per heavy atom. The Balaban J connectivity index is 1.98. The Bertz CT molecular complexity index is 668. The molecular formula is C20H26FN2O+. The molecule has 128 valence electrons. The zero-order chi connectivity index (χ0) is 17.5. The van der Waals surface area contributed by atoms with E-state index >= 15 is 0 Å². The minimum atomic E-state index is -0.415. The first-order chi connectivity index (χ1) is 11.5. The third kappa shape index (κ3) is 4.90. The van der Waals surface area contributed by atoms with Crippen LogP contribution in [-0.2, 0) is 11.2 Å². The number of hydrogen-bond acceptors (Lipinski definition) is 1. The lowest BCUT2D eigenvalue weighted by Gasteiger charge is -2.20. The Morgan fingerprint density at radius 1 is 1.12 bits per heavy atom. The quantitative estimate of drug-likeness (QED) is 0.804. The predicted octanol–water partition coefficient (Wildman–Crippen LogP) is 3.29. The van der Waals surface area contributed by atoms with Crippen LogP contribution in [0.2, 0.25) is 0 Å². The maximum Gasteiger partial charge on any atom is 0.279 e. The molecule has 2 aromatic carbocycles. The predicted molar refractivity (Wildman–Crippen MR) is 95.2 cm³/mol. The lowest BCUT2D eigenvalue weighted by molar-refractivity contribution is -0.692. The van der Waals surface area contributed by atoms with E-state index in [2.05, 4.69) is 50.4 Å². The highest BCUT2D eigenvalue weighted by Gasteiger charge is 2.20. The molecule has 24 heavy (non-hydrogen) atoms. The van der Waals surface area contributed by atoms with Crippen LogP contribution in [0.1, 0.15) is 37.9 Å². The molecule has 0 spiro atoms. The molecule has 0 radical (unpaired) electrons. The van der Waals surface area contributed by atoms with E-state index in [1.54, 1.807) is 18.2 Å². The van der Waals surface area contributed by atoms with E-state index in [4.69, 9.17) is 0 Å². The molecule has 0 aromatic heterocycles. The van der Waals surface area contributed by atoms with E-state index in [1.165, 1.54) is 17.2 Å². The molecule has 0 heterocycles. The van der Waals surface area contributed by atoms with Crippen molar-refractivity contribution in [2.45, 2.75) is 33.2 Å². The molecule has 0 aliphatic heterocycles. The number of nitrogens with two attached hydrogens (primary N) is 1. The van der Waals surface area contributed by atoms with E-state index in [0.717, 1.165) is 6.42 Å². The van der Waals surface area contributed by atoms with Crippen LogP contribution < -0.4 is 10.6 Å². The summed E-state index contributed by atoms with van der Waals surface area (Å²) in [6.07, 6.45) is 1.02. The summed E-state index contributed by atoms with van der Waals surface area (Å²) in [5, 5.41) is 4.64. The summed E-state index contributed by atoms with van der Waals surface area (Å²) in [5.74, 6) is -0.226. The summed E-state index contributed by atoms with van der Waals surface area (Å²) in [5.41, 5.74) is 2.74. The van der Waals surface area contributed by atoms with Gasteiger partial charge in [0.2, 0.25) is 0 Å². The number of benzene rings is 2. The summed E-state index contributed by atoms with van der Waals surface area (Å²) in [6.45, 7) is 6.67. The van der Waals surface area contributed by atoms with Gasteiger partial charge in [-0.1, -0.05) is 57.2 Å². The van der Waals surface area contributed by atoms with E-state index in [0.29, 0.717) is 5.92 Å². The summed E-state index contributed by atoms with van der Waals surface area (Å²) in [4.78, 5) is 12.1. The second kappa shape index (κ2) is 8.60. The van der Waals surface area contributed by atoms with Gasteiger partial charge in [0.05, 0.1) is 5.69 Å². The van der Waals surface area contributed by atoms with Crippen molar-refractivity contribution in [3.05, 3.63) is 65.5 Å². The fourth-order valence-electron chi connectivity index (χ4n) is 2.77. The Labute approximate surface area is 143 Å². The Morgan fingerprint density at radius 3 is 2.38 bits per heavy atom. The van der Waals surface area contributed by atoms with Crippen molar-refractivity contribution in [1.82, 2.24) is 0 Å². The van der Waals surface area contributed by atoms with Crippen molar-refractivity contribution in [1.29, 1.82) is 0 Å². The number of carbonyl (C=O) groups is 1. The van der Waals surface area contributed by atoms with Crippen molar-refractivity contribution in [3.63, 3.8) is 0 Å². The van der Waals surface area contributed by atoms with Crippen LogP contribution in [-0.4, -0.2) is 12.5 Å². The van der Waals surface area contributed by atoms with Crippen LogP contribution in [0.4, 0.5) is 10.1 Å². The second-order valence-electron chi connectivity index (χ2n) is 6.33. The van der Waals surface area contributed by atoms with Crippen molar-refractivity contribution in [2.24, 2.45) is 5.92 Å². The highest BCUT2D eigenvalue weighted by Crippen LogP contribution is 2.18. The largest absolute Gasteiger partial charge is 0.332 e. The molecule has 0 saturated carbocycles. The maximum absolute atomic E-state index is 13.6. The molecule has 2 rings (SSSR count). The average molecular weight is 329 g/mol. The molecular weight excluding hydrogens is 303 g/mol. The molecule has 0 saturated heterocycles. The fraction of sp³-hybridized carbons (Fsp3) is 0.350. The van der Waals surface area contributed by atoms with Gasteiger partial charge in [-0.2, -0.15) is 0 Å². The van der Waals surface area contributed by atoms with Crippen LogP contribution in [0.5, 0.6) is 0 Å². The topological polar surface area (TPSA) is 45.7 Å². The smallest absolute Gasteiger partial charge is 0.279 e. The summed E-state index contributed by atoms with van der Waals surface area (Å²) < 4.78 is 13.6. The number of amides is 1. The lowest BCUT2D eigenvalue weighted by Crippen LogP contribution is -2.88. The third-order valence-electron chi connectivity index (χ3n) is 4.20. The molecule has 3 nitrogen and oxygen atoms in total. The number of anilines is 1. The van der Waals surface area contributed by atoms with E-state index in [-0.39, 0.29) is 24.2 Å². The standard InChI is InChI=1S/C20H25FN2O/c1-4-15-9-11-16(12-10-15)20(14(2)3)22-13-19(24)23-18-8-6-5-7-17(18)21/h5-12,14,20,22H,4,13H2,1-3H3,(H,23,24)/p+1/t20-/m0/s1. The minimum absolute atomic E-state index is 0.197. The van der Waals surface area contributed by atoms with Crippen LogP contribution in [0, 0.1) is 11.7 Å². The van der Waals surface area contributed by atoms with Gasteiger partial charge in [0, 0.05) is 11.5 Å². The minimum Gasteiger partial charge on any atom is -0.332 e. The average Bonchev–Trinajstić information content (AvgIpc) is 2.57. The first-order valence-electron chi connectivity index (χ1n) is 8.47. The Hall–Kier alpha value is -2.20. The molecule has 0 aliphatic rings. The van der Waals surface area contributed by atoms with E-state index < -0.39 is 5.82 Å². The van der Waals surface area contributed by atoms with E-state index in [1.807, 2.05) is 5.32 Å². The zero-order valence-electron chi connectivity index (χ0n) is 14.6. The highest BCUT2D eigenvalue weighted by atomic mass is 19.1. The van der Waals surface area contributed by atoms with Crippen LogP contribution in [0.25, 0.3) is 0 Å². The number of aryl methyl sites for hydroxylation is 1. The molecule has 2 aromatic rings. The monoisotopic (exact) mass is 329 g/mol. The van der Waals surface area contributed by atoms with Gasteiger partial charge in [-0.15, -0.1) is 0 Å². The SMILES string of the molecule is CCc1ccc([C@@H]([NH2+]CC(=O)Nc2ccccc2F)C(C)C)cc1. The van der Waals surface area contributed by atoms with Crippen molar-refractivity contribution in [2.75, 3.05) is 11.9 Å². The number of nitrogens with one attached hydrogen (secondary N) is 1. The first-order valence-corrected chi connectivity index (χ1v) is 8.47. The highest BCUT2D eigenvalue weighted by molar-refractivity contribution is 5.91. The number of hydrogen-bond donors (Lipinski definition) is 2. The van der Waals surface area contributed by atoms with Crippen molar-refractivity contribution >= 4 is 11.6 Å². The van der Waals surface area contributed by atoms with Crippen molar-refractivity contribution < 1.29 is 14.5 Å². The molecule has 1 atom stereocenters. The third-order valence-corrected chi connectivity index (χ3v) is 4.20. The van der Waals surface area contributed by atoms with E-state index in [9.17, 15) is 9.18 Å². The summed E-state index contributed by atoms with van der Waals surface area (Å²) >= 11 is 0. The fourth-order valence-corrected chi connectivity index (χ4v) is 2.77. The Kier molecular flexibility index (Phi) is 6.50. The lowest BCUT2D eigenvalue weighted by atomic mass is 9.95. The number of carbonyl (C=O) groups excluding carboxylic acids is 1. The van der Waals surface area contributed by atoms with Crippen LogP contribution in [0.15, 0.2) is 48.5 Å². The number of quaternary nitrogens is 1. The number of halogens is 1. The molecule has 1 amide bonds. The number of rotatable bonds is 7. The van der Waals surface area contributed by atoms with Crippen LogP contribution in [0.3, 0.4) is 0 Å². The molecule has 0 fully saturated rings. The van der Waals surface area contributed by atoms with Gasteiger partial charge in [0.25, 0.3) is 5.91 Å². The summed E-state index contributed by atoms with van der Waals surface area (Å²) in [7, 11) is 0. The first kappa shape index (κ1) is 18.1. The van der Waals surface area contributed by atoms with Gasteiger partial charge in [-0.25, -0.2) is 4.39 Å². The second-order valence-corrected chi connectivity index (χ2v) is 6.33. The number of para-hydroxylation sites is 1. The van der Waals surface area contributed by atoms with Gasteiger partial charge < -0.3 is 10.6 Å². The van der Waals surface area contributed by atoms with Gasteiger partial charge >= 0.3 is 0 Å².